The maximum Gasteiger partial charge on any atom is 0.236 e. The van der Waals surface area contributed by atoms with Gasteiger partial charge in [-0.15, -0.1) is 0 Å². The Bertz CT molecular complexity index is 695. The van der Waals surface area contributed by atoms with Gasteiger partial charge in [0.15, 0.2) is 0 Å². The van der Waals surface area contributed by atoms with Crippen LogP contribution >= 0.6 is 0 Å². The van der Waals surface area contributed by atoms with Gasteiger partial charge in [-0.1, -0.05) is 37.1 Å². The summed E-state index contributed by atoms with van der Waals surface area (Å²) in [5.74, 6) is 0.202. The van der Waals surface area contributed by atoms with Crippen molar-refractivity contribution in [3.05, 3.63) is 35.4 Å². The van der Waals surface area contributed by atoms with Gasteiger partial charge in [-0.2, -0.15) is 0 Å². The second-order valence-electron chi connectivity index (χ2n) is 9.12. The number of ether oxygens (including phenoxy) is 1. The van der Waals surface area contributed by atoms with Gasteiger partial charge in [0, 0.05) is 31.7 Å². The van der Waals surface area contributed by atoms with E-state index in [4.69, 9.17) is 4.74 Å². The summed E-state index contributed by atoms with van der Waals surface area (Å²) in [5, 5.41) is 3.63. The Kier molecular flexibility index (Phi) is 6.57. The Labute approximate surface area is 175 Å². The van der Waals surface area contributed by atoms with Crippen molar-refractivity contribution in [2.24, 2.45) is 0 Å². The third kappa shape index (κ3) is 4.23. The van der Waals surface area contributed by atoms with Crippen molar-refractivity contribution < 1.29 is 9.53 Å². The highest BCUT2D eigenvalue weighted by atomic mass is 16.5. The van der Waals surface area contributed by atoms with Crippen LogP contribution < -0.4 is 5.32 Å². The normalized spacial score (nSPS) is 25.4. The van der Waals surface area contributed by atoms with Crippen LogP contribution in [-0.4, -0.2) is 67.2 Å². The number of hydrogen-bond acceptors (Lipinski definition) is 4. The highest BCUT2D eigenvalue weighted by molar-refractivity contribution is 5.78. The third-order valence-corrected chi connectivity index (χ3v) is 7.67. The highest BCUT2D eigenvalue weighted by Gasteiger charge is 2.44. The number of benzene rings is 1. The molecule has 160 valence electrons. The topological polar surface area (TPSA) is 44.8 Å². The molecule has 5 nitrogen and oxygen atoms in total. The Morgan fingerprint density at radius 1 is 1.24 bits per heavy atom. The first kappa shape index (κ1) is 20.8. The van der Waals surface area contributed by atoms with Crippen LogP contribution in [0.2, 0.25) is 0 Å². The number of amides is 1. The van der Waals surface area contributed by atoms with Gasteiger partial charge in [0.25, 0.3) is 0 Å². The molecule has 0 radical (unpaired) electrons. The van der Waals surface area contributed by atoms with Crippen LogP contribution in [0, 0.1) is 0 Å². The molecule has 1 aliphatic heterocycles. The Balaban J connectivity index is 1.38. The molecule has 0 spiro atoms. The fourth-order valence-corrected chi connectivity index (χ4v) is 5.88. The fraction of sp³-hybridized carbons (Fsp3) is 0.708. The molecule has 5 heteroatoms. The third-order valence-electron chi connectivity index (χ3n) is 7.67. The van der Waals surface area contributed by atoms with Gasteiger partial charge < -0.3 is 15.0 Å². The molecule has 4 rings (SSSR count). The molecule has 2 fully saturated rings. The van der Waals surface area contributed by atoms with Gasteiger partial charge >= 0.3 is 0 Å². The number of nitrogens with one attached hydrogen (secondary N) is 1. The monoisotopic (exact) mass is 399 g/mol. The van der Waals surface area contributed by atoms with Crippen LogP contribution in [0.3, 0.4) is 0 Å². The van der Waals surface area contributed by atoms with Crippen LogP contribution in [-0.2, 0) is 16.0 Å². The number of rotatable bonds is 6. The lowest BCUT2D eigenvalue weighted by atomic mass is 9.86. The number of nitrogens with zero attached hydrogens (tertiary/aromatic N) is 2. The zero-order valence-corrected chi connectivity index (χ0v) is 18.2. The van der Waals surface area contributed by atoms with Crippen LogP contribution in [0.4, 0.5) is 0 Å². The number of carbonyl (C=O) groups excluding carboxylic acids is 1. The quantitative estimate of drug-likeness (QED) is 0.798. The predicted molar refractivity (Wildman–Crippen MR) is 116 cm³/mol. The maximum atomic E-state index is 13.1. The van der Waals surface area contributed by atoms with Crippen LogP contribution in [0.1, 0.15) is 62.6 Å². The SMILES string of the molecule is C[C@@H](NCC(=O)N(C)[C@H]1CCCc2ccccc21)C1(N2CCOCC2)CCCC1. The first-order valence-electron chi connectivity index (χ1n) is 11.5. The smallest absolute Gasteiger partial charge is 0.236 e. The summed E-state index contributed by atoms with van der Waals surface area (Å²) in [5.41, 5.74) is 2.92. The highest BCUT2D eigenvalue weighted by Crippen LogP contribution is 2.39. The number of aryl methyl sites for hydroxylation is 1. The van der Waals surface area contributed by atoms with Crippen molar-refractivity contribution in [3.8, 4) is 0 Å². The standard InChI is InChI=1S/C24H37N3O2/c1-19(24(12-5-6-13-24)27-14-16-29-17-15-27)25-18-23(28)26(2)22-11-7-9-20-8-3-4-10-21(20)22/h3-4,8,10,19,22,25H,5-7,9,11-18H2,1-2H3/t19-,22+/m1/s1. The van der Waals surface area contributed by atoms with Crippen molar-refractivity contribution in [1.29, 1.82) is 0 Å². The van der Waals surface area contributed by atoms with Gasteiger partial charge in [-0.3, -0.25) is 9.69 Å². The summed E-state index contributed by atoms with van der Waals surface area (Å²) >= 11 is 0. The van der Waals surface area contributed by atoms with Crippen molar-refractivity contribution in [3.63, 3.8) is 0 Å². The summed E-state index contributed by atoms with van der Waals surface area (Å²) in [6, 6.07) is 9.14. The van der Waals surface area contributed by atoms with E-state index in [0.29, 0.717) is 12.6 Å². The van der Waals surface area contributed by atoms with Gasteiger partial charge in [-0.25, -0.2) is 0 Å². The van der Waals surface area contributed by atoms with Gasteiger partial charge in [0.2, 0.25) is 5.91 Å². The molecule has 29 heavy (non-hydrogen) atoms. The average Bonchev–Trinajstić information content (AvgIpc) is 3.28. The summed E-state index contributed by atoms with van der Waals surface area (Å²) < 4.78 is 5.59. The van der Waals surface area contributed by atoms with E-state index < -0.39 is 0 Å². The molecule has 0 unspecified atom stereocenters. The van der Waals surface area contributed by atoms with Crippen LogP contribution in [0.5, 0.6) is 0 Å². The van der Waals surface area contributed by atoms with Crippen LogP contribution in [0.25, 0.3) is 0 Å². The van der Waals surface area contributed by atoms with E-state index in [9.17, 15) is 4.79 Å². The first-order chi connectivity index (χ1) is 14.1. The largest absolute Gasteiger partial charge is 0.379 e. The summed E-state index contributed by atoms with van der Waals surface area (Å²) in [7, 11) is 1.98. The molecule has 1 aromatic carbocycles. The predicted octanol–water partition coefficient (Wildman–Crippen LogP) is 3.15. The number of hydrogen-bond donors (Lipinski definition) is 1. The molecule has 1 saturated carbocycles. The Hall–Kier alpha value is -1.43. The molecular formula is C24H37N3O2. The van der Waals surface area contributed by atoms with Crippen molar-refractivity contribution >= 4 is 5.91 Å². The summed E-state index contributed by atoms with van der Waals surface area (Å²) in [6.45, 7) is 6.39. The lowest BCUT2D eigenvalue weighted by molar-refractivity contribution is -0.131. The number of fused-ring (bicyclic) bond motifs is 1. The number of carbonyl (C=O) groups is 1. The summed E-state index contributed by atoms with van der Waals surface area (Å²) in [4.78, 5) is 17.7. The molecule has 3 aliphatic rings. The second kappa shape index (κ2) is 9.15. The molecule has 1 N–H and O–H groups in total. The summed E-state index contributed by atoms with van der Waals surface area (Å²) in [6.07, 6.45) is 8.37. The molecule has 0 bridgehead atoms. The molecular weight excluding hydrogens is 362 g/mol. The molecule has 1 heterocycles. The minimum atomic E-state index is 0.181. The van der Waals surface area contributed by atoms with Crippen molar-refractivity contribution in [1.82, 2.24) is 15.1 Å². The number of likely N-dealkylation sites (N-methyl/N-ethyl adjacent to an activating group) is 1. The van der Waals surface area contributed by atoms with Gasteiger partial charge in [0.05, 0.1) is 25.8 Å². The average molecular weight is 400 g/mol. The minimum absolute atomic E-state index is 0.181. The minimum Gasteiger partial charge on any atom is -0.379 e. The van der Waals surface area contributed by atoms with E-state index in [1.807, 2.05) is 11.9 Å². The van der Waals surface area contributed by atoms with Crippen molar-refractivity contribution in [2.45, 2.75) is 69.5 Å². The Morgan fingerprint density at radius 3 is 2.72 bits per heavy atom. The van der Waals surface area contributed by atoms with E-state index >= 15 is 0 Å². The molecule has 1 aromatic rings. The number of morpholine rings is 1. The Morgan fingerprint density at radius 2 is 1.97 bits per heavy atom. The zero-order chi connectivity index (χ0) is 20.3. The second-order valence-corrected chi connectivity index (χ2v) is 9.12. The van der Waals surface area contributed by atoms with E-state index in [1.54, 1.807) is 0 Å². The molecule has 2 atom stereocenters. The lowest BCUT2D eigenvalue weighted by Gasteiger charge is -2.47. The van der Waals surface area contributed by atoms with Crippen LogP contribution in [0.15, 0.2) is 24.3 Å². The fourth-order valence-electron chi connectivity index (χ4n) is 5.88. The van der Waals surface area contributed by atoms with E-state index in [1.165, 1.54) is 36.8 Å². The van der Waals surface area contributed by atoms with E-state index in [-0.39, 0.29) is 17.5 Å². The molecule has 2 aliphatic carbocycles. The van der Waals surface area contributed by atoms with Gasteiger partial charge in [0.1, 0.15) is 0 Å². The zero-order valence-electron chi connectivity index (χ0n) is 18.2. The first-order valence-corrected chi connectivity index (χ1v) is 11.5. The van der Waals surface area contributed by atoms with E-state index in [2.05, 4.69) is 41.4 Å². The lowest BCUT2D eigenvalue weighted by Crippen LogP contribution is -2.62. The maximum absolute atomic E-state index is 13.1. The van der Waals surface area contributed by atoms with Gasteiger partial charge in [-0.05, 0) is 50.2 Å². The molecule has 1 saturated heterocycles. The molecule has 0 aromatic heterocycles. The van der Waals surface area contributed by atoms with E-state index in [0.717, 1.165) is 45.6 Å². The molecule has 1 amide bonds. The van der Waals surface area contributed by atoms with Crippen molar-refractivity contribution in [2.75, 3.05) is 39.9 Å².